The van der Waals surface area contributed by atoms with E-state index >= 15 is 0 Å². The summed E-state index contributed by atoms with van der Waals surface area (Å²) in [4.78, 5) is 9.77. The Labute approximate surface area is 277 Å². The number of aliphatic imine (C=N–C) groups is 2. The molecule has 0 heterocycles. The summed E-state index contributed by atoms with van der Waals surface area (Å²) in [6.07, 6.45) is 32.5. The number of hydrogen-bond donors (Lipinski definition) is 0. The second-order valence-electron chi connectivity index (χ2n) is 12.5. The summed E-state index contributed by atoms with van der Waals surface area (Å²) in [6, 6.07) is 17.7. The van der Waals surface area contributed by atoms with E-state index < -0.39 is 0 Å². The third-order valence-electron chi connectivity index (χ3n) is 8.43. The smallest absolute Gasteiger partial charge is 0.0633 e. The molecule has 0 aliphatic carbocycles. The van der Waals surface area contributed by atoms with Crippen molar-refractivity contribution in [2.75, 3.05) is 0 Å². The van der Waals surface area contributed by atoms with E-state index in [1.54, 1.807) is 0 Å². The molecule has 0 saturated heterocycles. The summed E-state index contributed by atoms with van der Waals surface area (Å²) in [5.41, 5.74) is 6.00. The minimum absolute atomic E-state index is 0. The van der Waals surface area contributed by atoms with E-state index in [0.29, 0.717) is 0 Å². The molecule has 2 aromatic carbocycles. The Bertz CT molecular complexity index is 945. The van der Waals surface area contributed by atoms with Gasteiger partial charge in [-0.15, -0.1) is 0 Å². The maximum absolute atomic E-state index is 4.97. The number of aryl methyl sites for hydroxylation is 2. The monoisotopic (exact) mass is 630 g/mol. The molecule has 0 amide bonds. The third kappa shape index (κ3) is 20.8. The Morgan fingerprint density at radius 1 is 0.465 bits per heavy atom. The Morgan fingerprint density at radius 2 is 0.837 bits per heavy atom. The molecule has 0 aromatic heterocycles. The quantitative estimate of drug-likeness (QED) is 0.0561. The van der Waals surface area contributed by atoms with Crippen molar-refractivity contribution in [3.63, 3.8) is 0 Å². The number of rotatable bonds is 26. The molecule has 0 aliphatic rings. The first-order valence-corrected chi connectivity index (χ1v) is 18.0. The van der Waals surface area contributed by atoms with Crippen LogP contribution in [0.2, 0.25) is 0 Å². The zero-order chi connectivity index (χ0) is 29.9. The summed E-state index contributed by atoms with van der Waals surface area (Å²) >= 11 is 0. The Balaban J connectivity index is 0.00000924. The normalized spacial score (nSPS) is 11.7. The van der Waals surface area contributed by atoms with Crippen LogP contribution >= 0.6 is 0 Å². The van der Waals surface area contributed by atoms with Gasteiger partial charge in [0.25, 0.3) is 0 Å². The maximum Gasteiger partial charge on any atom is 0.0633 e. The number of nitrogens with zero attached hydrogens (tertiary/aromatic N) is 2. The minimum Gasteiger partial charge on any atom is -0.255 e. The molecule has 2 rings (SSSR count). The molecule has 0 N–H and O–H groups in total. The summed E-state index contributed by atoms with van der Waals surface area (Å²) < 4.78 is 0. The molecule has 3 heteroatoms. The van der Waals surface area contributed by atoms with Crippen molar-refractivity contribution < 1.29 is 16.5 Å². The molecule has 0 atom stereocenters. The van der Waals surface area contributed by atoms with E-state index in [1.807, 2.05) is 6.21 Å². The van der Waals surface area contributed by atoms with E-state index in [4.69, 9.17) is 9.98 Å². The van der Waals surface area contributed by atoms with Crippen molar-refractivity contribution >= 4 is 23.3 Å². The zero-order valence-corrected chi connectivity index (χ0v) is 29.2. The van der Waals surface area contributed by atoms with Crippen LogP contribution in [0, 0.1) is 0 Å². The van der Waals surface area contributed by atoms with Gasteiger partial charge in [0.05, 0.1) is 17.1 Å². The van der Waals surface area contributed by atoms with Crippen LogP contribution in [0.25, 0.3) is 0 Å². The molecule has 0 aliphatic heterocycles. The van der Waals surface area contributed by atoms with Gasteiger partial charge in [-0.3, -0.25) is 9.98 Å². The molecule has 2 nitrogen and oxygen atoms in total. The first-order chi connectivity index (χ1) is 20.7. The van der Waals surface area contributed by atoms with E-state index in [0.717, 1.165) is 36.3 Å². The minimum atomic E-state index is 0. The standard InChI is InChI=1S/C40H64N2.Ni/c1-4-7-10-12-14-16-18-20-22-24-36-27-31-38(32-28-36)41-35-40(26-9-6-3)42-39-33-29-37(30-34-39)25-23-21-19-17-15-13-11-8-5-2;/h27-35H,4-26H2,1-3H3;/b41-35+,42-40+;. The topological polar surface area (TPSA) is 24.7 Å². The summed E-state index contributed by atoms with van der Waals surface area (Å²) in [6.45, 7) is 6.82. The van der Waals surface area contributed by atoms with Crippen LogP contribution in [0.3, 0.4) is 0 Å². The SMILES string of the molecule is CCCCCCCCCCCc1ccc(/N=C/C(CCCC)=N/c2ccc(CCCCCCCCCCC)cc2)cc1.[Ni]. The van der Waals surface area contributed by atoms with Gasteiger partial charge in [-0.2, -0.15) is 0 Å². The van der Waals surface area contributed by atoms with E-state index in [9.17, 15) is 0 Å². The first kappa shape index (κ1) is 39.3. The number of benzene rings is 2. The van der Waals surface area contributed by atoms with Crippen LogP contribution in [-0.2, 0) is 29.3 Å². The molecule has 2 aromatic rings. The van der Waals surface area contributed by atoms with Gasteiger partial charge in [0, 0.05) is 22.7 Å². The molecule has 0 unspecified atom stereocenters. The fraction of sp³-hybridized carbons (Fsp3) is 0.650. The van der Waals surface area contributed by atoms with Crippen molar-refractivity contribution in [2.24, 2.45) is 9.98 Å². The van der Waals surface area contributed by atoms with E-state index in [2.05, 4.69) is 69.3 Å². The summed E-state index contributed by atoms with van der Waals surface area (Å²) in [7, 11) is 0. The number of unbranched alkanes of at least 4 members (excludes halogenated alkanes) is 17. The van der Waals surface area contributed by atoms with Gasteiger partial charge in [-0.05, 0) is 73.9 Å². The van der Waals surface area contributed by atoms with E-state index in [1.165, 1.54) is 140 Å². The van der Waals surface area contributed by atoms with Gasteiger partial charge in [0.15, 0.2) is 0 Å². The largest absolute Gasteiger partial charge is 0.255 e. The molecule has 0 saturated carbocycles. The van der Waals surface area contributed by atoms with Crippen molar-refractivity contribution in [3.05, 3.63) is 59.7 Å². The summed E-state index contributed by atoms with van der Waals surface area (Å²) in [5, 5.41) is 0. The van der Waals surface area contributed by atoms with Gasteiger partial charge in [0.1, 0.15) is 0 Å². The van der Waals surface area contributed by atoms with E-state index in [-0.39, 0.29) is 16.5 Å². The van der Waals surface area contributed by atoms with Gasteiger partial charge in [0.2, 0.25) is 0 Å². The molecule has 43 heavy (non-hydrogen) atoms. The van der Waals surface area contributed by atoms with Gasteiger partial charge in [-0.1, -0.05) is 154 Å². The van der Waals surface area contributed by atoms with Crippen LogP contribution in [0.1, 0.15) is 167 Å². The zero-order valence-electron chi connectivity index (χ0n) is 28.2. The number of hydrogen-bond acceptors (Lipinski definition) is 2. The first-order valence-electron chi connectivity index (χ1n) is 18.0. The average Bonchev–Trinajstić information content (AvgIpc) is 3.02. The second-order valence-corrected chi connectivity index (χ2v) is 12.5. The van der Waals surface area contributed by atoms with Gasteiger partial charge < -0.3 is 0 Å². The average molecular weight is 632 g/mol. The summed E-state index contributed by atoms with van der Waals surface area (Å²) in [5.74, 6) is 0. The van der Waals surface area contributed by atoms with Gasteiger partial charge >= 0.3 is 0 Å². The third-order valence-corrected chi connectivity index (χ3v) is 8.43. The molecule has 0 bridgehead atoms. The predicted molar refractivity (Wildman–Crippen MR) is 190 cm³/mol. The van der Waals surface area contributed by atoms with Gasteiger partial charge in [-0.25, -0.2) is 0 Å². The van der Waals surface area contributed by atoms with Crippen LogP contribution in [0.5, 0.6) is 0 Å². The second kappa shape index (κ2) is 27.8. The molecule has 0 spiro atoms. The molecular formula is C40H64N2Ni. The molecule has 244 valence electrons. The Hall–Kier alpha value is -1.73. The maximum atomic E-state index is 4.97. The molecule has 0 fully saturated rings. The van der Waals surface area contributed by atoms with Crippen LogP contribution in [-0.4, -0.2) is 11.9 Å². The van der Waals surface area contributed by atoms with Crippen molar-refractivity contribution in [1.29, 1.82) is 0 Å². The molecular weight excluding hydrogens is 567 g/mol. The Kier molecular flexibility index (Phi) is 25.4. The van der Waals surface area contributed by atoms with Crippen molar-refractivity contribution in [1.82, 2.24) is 0 Å². The van der Waals surface area contributed by atoms with Crippen LogP contribution in [0.15, 0.2) is 58.5 Å². The van der Waals surface area contributed by atoms with Crippen LogP contribution < -0.4 is 0 Å². The Morgan fingerprint density at radius 3 is 1.26 bits per heavy atom. The molecule has 0 radical (unpaired) electrons. The fourth-order valence-corrected chi connectivity index (χ4v) is 5.59. The van der Waals surface area contributed by atoms with Crippen molar-refractivity contribution in [3.8, 4) is 0 Å². The fourth-order valence-electron chi connectivity index (χ4n) is 5.59. The van der Waals surface area contributed by atoms with Crippen LogP contribution in [0.4, 0.5) is 11.4 Å². The predicted octanol–water partition coefficient (Wildman–Crippen LogP) is 13.5. The van der Waals surface area contributed by atoms with Crippen molar-refractivity contribution in [2.45, 2.75) is 168 Å².